The van der Waals surface area contributed by atoms with Gasteiger partial charge in [0.1, 0.15) is 10.3 Å². The van der Waals surface area contributed by atoms with E-state index in [9.17, 15) is 26.4 Å². The lowest BCUT2D eigenvalue weighted by Crippen LogP contribution is -2.31. The summed E-state index contributed by atoms with van der Waals surface area (Å²) in [5.74, 6) is -0.198. The summed E-state index contributed by atoms with van der Waals surface area (Å²) >= 11 is 12.0. The minimum atomic E-state index is -4.02. The molecule has 0 saturated carbocycles. The van der Waals surface area contributed by atoms with Gasteiger partial charge in [-0.15, -0.1) is 10.2 Å². The number of pyridine rings is 2. The summed E-state index contributed by atoms with van der Waals surface area (Å²) in [7, 11) is -9.86. The molecule has 0 spiro atoms. The van der Waals surface area contributed by atoms with Gasteiger partial charge >= 0.3 is 5.97 Å². The number of hydrogen-bond donors (Lipinski definition) is 3. The SMILES string of the molecule is C[Si](C)(C)CCOc1ccn(-c2ccc(C(=O)NS(=O)(=O)c3ccccc3)c(Cl)n2)n1.C[Si](C)(C)CCOc1ccn(-c2ccc(C(=O)O)c(Cl)n2)n1.NS(=O)(=O)c1ccccc1. The average molecular weight is 976 g/mol. The molecule has 0 fully saturated rings. The Morgan fingerprint density at radius 2 is 1.06 bits per heavy atom. The van der Waals surface area contributed by atoms with E-state index in [2.05, 4.69) is 59.4 Å². The second kappa shape index (κ2) is 21.8. The number of carbonyl (C=O) groups is 2. The number of aromatic carboxylic acids is 1. The molecule has 4 N–H and O–H groups in total. The number of ether oxygens (including phenoxy) is 2. The molecule has 0 aliphatic heterocycles. The number of primary sulfonamides is 1. The number of carbonyl (C=O) groups excluding carboxylic acids is 1. The summed E-state index contributed by atoms with van der Waals surface area (Å²) < 4.78 is 62.2. The number of nitrogens with one attached hydrogen (secondary N) is 1. The maximum atomic E-state index is 12.5. The van der Waals surface area contributed by atoms with E-state index in [1.54, 1.807) is 67.0 Å². The molecule has 2 aromatic carbocycles. The van der Waals surface area contributed by atoms with Gasteiger partial charge in [-0.1, -0.05) is 98.9 Å². The first-order valence-corrected chi connectivity index (χ1v) is 30.3. The van der Waals surface area contributed by atoms with Gasteiger partial charge in [-0.25, -0.2) is 50.8 Å². The standard InChI is InChI=1S/C20H23ClN4O4SSi.C14H18ClN3O3Si.C6H7NO2S/c1-31(2,3)14-13-29-18-11-12-25(23-18)17-10-9-16(19(21)22-17)20(26)24-30(27,28)15-7-5-4-6-8-15;1-22(2,3)9-8-21-12-6-7-18(17-12)11-5-4-10(14(19)20)13(15)16-11;7-10(8,9)6-4-2-1-3-5-6/h4-12H,13-14H2,1-3H3,(H,24,26);4-7H,8-9H2,1-3H3,(H,19,20);1-5H,(H2,7,8,9). The first-order chi connectivity index (χ1) is 29.4. The Kier molecular flexibility index (Phi) is 17.4. The summed E-state index contributed by atoms with van der Waals surface area (Å²) in [6.45, 7) is 14.9. The first kappa shape index (κ1) is 50.2. The van der Waals surface area contributed by atoms with Crippen LogP contribution < -0.4 is 19.3 Å². The van der Waals surface area contributed by atoms with Crippen molar-refractivity contribution in [3.63, 3.8) is 0 Å². The van der Waals surface area contributed by atoms with Gasteiger partial charge in [-0.2, -0.15) is 0 Å². The van der Waals surface area contributed by atoms with Crippen LogP contribution in [0.1, 0.15) is 20.7 Å². The van der Waals surface area contributed by atoms with Crippen molar-refractivity contribution < 1.29 is 41.0 Å². The fraction of sp³-hybridized carbons (Fsp3) is 0.250. The molecule has 336 valence electrons. The minimum Gasteiger partial charge on any atom is -0.478 e. The van der Waals surface area contributed by atoms with E-state index in [-0.39, 0.29) is 31.2 Å². The maximum Gasteiger partial charge on any atom is 0.338 e. The van der Waals surface area contributed by atoms with Crippen LogP contribution in [-0.4, -0.2) is 92.7 Å². The number of nitrogens with zero attached hydrogens (tertiary/aromatic N) is 6. The molecule has 23 heteroatoms. The van der Waals surface area contributed by atoms with Crippen molar-refractivity contribution in [1.82, 2.24) is 34.3 Å². The molecule has 0 saturated heterocycles. The highest BCUT2D eigenvalue weighted by Gasteiger charge is 2.22. The van der Waals surface area contributed by atoms with Crippen molar-refractivity contribution in [2.24, 2.45) is 5.14 Å². The lowest BCUT2D eigenvalue weighted by Gasteiger charge is -2.14. The molecule has 0 radical (unpaired) electrons. The topological polar surface area (TPSA) is 241 Å². The maximum absolute atomic E-state index is 12.5. The van der Waals surface area contributed by atoms with E-state index in [4.69, 9.17) is 42.9 Å². The zero-order valence-electron chi connectivity index (χ0n) is 35.3. The molecular formula is C40H48Cl2N8O9S2Si2. The van der Waals surface area contributed by atoms with E-state index in [1.165, 1.54) is 51.8 Å². The van der Waals surface area contributed by atoms with Gasteiger partial charge < -0.3 is 14.6 Å². The molecule has 0 aliphatic rings. The van der Waals surface area contributed by atoms with Crippen LogP contribution in [0, 0.1) is 0 Å². The monoisotopic (exact) mass is 974 g/mol. The van der Waals surface area contributed by atoms with Crippen LogP contribution >= 0.6 is 23.2 Å². The van der Waals surface area contributed by atoms with Gasteiger partial charge in [0.25, 0.3) is 15.9 Å². The number of aromatic nitrogens is 6. The van der Waals surface area contributed by atoms with Crippen LogP contribution in [0.15, 0.2) is 119 Å². The normalized spacial score (nSPS) is 11.6. The van der Waals surface area contributed by atoms with Crippen molar-refractivity contribution in [3.05, 3.63) is 131 Å². The van der Waals surface area contributed by atoms with E-state index in [0.717, 1.165) is 12.1 Å². The van der Waals surface area contributed by atoms with E-state index < -0.39 is 48.1 Å². The summed E-state index contributed by atoms with van der Waals surface area (Å²) in [5, 5.41) is 22.1. The van der Waals surface area contributed by atoms with Gasteiger partial charge in [0.15, 0.2) is 11.6 Å². The molecule has 6 rings (SSSR count). The van der Waals surface area contributed by atoms with Gasteiger partial charge in [-0.05, 0) is 60.6 Å². The van der Waals surface area contributed by atoms with Crippen molar-refractivity contribution in [3.8, 4) is 23.4 Å². The second-order valence-electron chi connectivity index (χ2n) is 15.9. The van der Waals surface area contributed by atoms with Gasteiger partial charge in [0.2, 0.25) is 21.8 Å². The minimum absolute atomic E-state index is 0.0257. The Morgan fingerprint density at radius 1 is 0.651 bits per heavy atom. The number of amides is 1. The quantitative estimate of drug-likeness (QED) is 0.0671. The molecule has 1 amide bonds. The number of hydrogen-bond acceptors (Lipinski definition) is 12. The van der Waals surface area contributed by atoms with Crippen LogP contribution in [0.5, 0.6) is 11.8 Å². The Labute approximate surface area is 378 Å². The van der Waals surface area contributed by atoms with Crippen molar-refractivity contribution in [2.45, 2.75) is 61.2 Å². The number of carboxylic acids is 1. The zero-order chi connectivity index (χ0) is 46.6. The Hall–Kier alpha value is -5.43. The number of carboxylic acid groups (broad SMARTS) is 1. The number of sulfonamides is 2. The van der Waals surface area contributed by atoms with Crippen LogP contribution in [0.2, 0.25) is 61.7 Å². The van der Waals surface area contributed by atoms with E-state index in [0.29, 0.717) is 36.6 Å². The van der Waals surface area contributed by atoms with Gasteiger partial charge in [0, 0.05) is 40.7 Å². The average Bonchev–Trinajstić information content (AvgIpc) is 3.88. The summed E-state index contributed by atoms with van der Waals surface area (Å²) in [6, 6.07) is 26.9. The Morgan fingerprint density at radius 3 is 1.43 bits per heavy atom. The van der Waals surface area contributed by atoms with Crippen LogP contribution in [-0.2, 0) is 20.0 Å². The molecule has 0 bridgehead atoms. The number of benzene rings is 2. The van der Waals surface area contributed by atoms with Crippen LogP contribution in [0.4, 0.5) is 0 Å². The molecule has 0 atom stereocenters. The third-order valence-corrected chi connectivity index (χ3v) is 14.6. The van der Waals surface area contributed by atoms with Gasteiger partial charge in [-0.3, -0.25) is 4.79 Å². The predicted molar refractivity (Wildman–Crippen MR) is 246 cm³/mol. The fourth-order valence-electron chi connectivity index (χ4n) is 4.83. The molecule has 17 nitrogen and oxygen atoms in total. The lowest BCUT2D eigenvalue weighted by molar-refractivity contribution is 0.0696. The predicted octanol–water partition coefficient (Wildman–Crippen LogP) is 7.43. The molecular weight excluding hydrogens is 928 g/mol. The second-order valence-corrected chi connectivity index (χ2v) is 31.1. The molecule has 0 aliphatic carbocycles. The summed E-state index contributed by atoms with van der Waals surface area (Å²) in [4.78, 5) is 31.7. The molecule has 4 aromatic heterocycles. The van der Waals surface area contributed by atoms with Crippen LogP contribution in [0.25, 0.3) is 11.6 Å². The first-order valence-electron chi connectivity index (χ1n) is 19.1. The van der Waals surface area contributed by atoms with E-state index >= 15 is 0 Å². The molecule has 0 unspecified atom stereocenters. The van der Waals surface area contributed by atoms with Crippen molar-refractivity contribution in [1.29, 1.82) is 0 Å². The summed E-state index contributed by atoms with van der Waals surface area (Å²) in [6.07, 6.45) is 3.37. The van der Waals surface area contributed by atoms with Gasteiger partial charge in [0.05, 0.1) is 34.1 Å². The largest absolute Gasteiger partial charge is 0.478 e. The van der Waals surface area contributed by atoms with Crippen molar-refractivity contribution in [2.75, 3.05) is 13.2 Å². The Bertz CT molecular complexity index is 2710. The summed E-state index contributed by atoms with van der Waals surface area (Å²) in [5.41, 5.74) is -0.104. The number of rotatable bonds is 15. The van der Waals surface area contributed by atoms with E-state index in [1.807, 2.05) is 4.72 Å². The van der Waals surface area contributed by atoms with Crippen molar-refractivity contribution >= 4 is 71.3 Å². The highest BCUT2D eigenvalue weighted by molar-refractivity contribution is 7.90. The third kappa shape index (κ3) is 16.3. The number of nitrogens with two attached hydrogens (primary N) is 1. The Balaban J connectivity index is 0.000000235. The van der Waals surface area contributed by atoms with Crippen LogP contribution in [0.3, 0.4) is 0 Å². The highest BCUT2D eigenvalue weighted by Crippen LogP contribution is 2.21. The molecule has 4 heterocycles. The third-order valence-electron chi connectivity index (χ3n) is 8.30. The fourth-order valence-corrected chi connectivity index (χ4v) is 8.24. The number of halogens is 2. The zero-order valence-corrected chi connectivity index (χ0v) is 40.4. The lowest BCUT2D eigenvalue weighted by atomic mass is 10.3. The smallest absolute Gasteiger partial charge is 0.338 e. The molecule has 63 heavy (non-hydrogen) atoms. The molecule has 6 aromatic rings. The highest BCUT2D eigenvalue weighted by atomic mass is 35.5.